The molecule has 0 atom stereocenters. The Labute approximate surface area is 170 Å². The van der Waals surface area contributed by atoms with Crippen molar-refractivity contribution in [1.82, 2.24) is 10.3 Å². The molecule has 0 aliphatic carbocycles. The van der Waals surface area contributed by atoms with Crippen LogP contribution < -0.4 is 10.1 Å². The summed E-state index contributed by atoms with van der Waals surface area (Å²) >= 11 is 3.36. The first-order valence-corrected chi connectivity index (χ1v) is 9.57. The molecular formula is C22H17BrN2O3. The van der Waals surface area contributed by atoms with E-state index in [4.69, 9.17) is 9.15 Å². The maximum atomic E-state index is 12.0. The molecule has 0 fully saturated rings. The molecule has 5 nitrogen and oxygen atoms in total. The summed E-state index contributed by atoms with van der Waals surface area (Å²) in [6.07, 6.45) is 0. The van der Waals surface area contributed by atoms with Gasteiger partial charge < -0.3 is 14.5 Å². The highest BCUT2D eigenvalue weighted by Gasteiger charge is 2.08. The molecule has 1 heterocycles. The Morgan fingerprint density at radius 1 is 1.00 bits per heavy atom. The summed E-state index contributed by atoms with van der Waals surface area (Å²) in [4.78, 5) is 16.5. The lowest BCUT2D eigenvalue weighted by Crippen LogP contribution is -2.28. The molecule has 4 rings (SSSR count). The first kappa shape index (κ1) is 18.3. The fourth-order valence-electron chi connectivity index (χ4n) is 2.69. The molecule has 0 spiro atoms. The van der Waals surface area contributed by atoms with Crippen LogP contribution in [0.4, 0.5) is 0 Å². The third kappa shape index (κ3) is 4.40. The summed E-state index contributed by atoms with van der Waals surface area (Å²) in [5, 5.41) is 2.85. The van der Waals surface area contributed by atoms with Gasteiger partial charge in [-0.3, -0.25) is 4.79 Å². The Morgan fingerprint density at radius 3 is 2.50 bits per heavy atom. The van der Waals surface area contributed by atoms with E-state index >= 15 is 0 Å². The van der Waals surface area contributed by atoms with E-state index in [2.05, 4.69) is 26.2 Å². The van der Waals surface area contributed by atoms with Gasteiger partial charge in [-0.1, -0.05) is 40.2 Å². The molecule has 0 unspecified atom stereocenters. The minimum Gasteiger partial charge on any atom is -0.484 e. The van der Waals surface area contributed by atoms with Gasteiger partial charge in [-0.05, 0) is 54.1 Å². The number of rotatable bonds is 6. The molecular weight excluding hydrogens is 420 g/mol. The number of aromatic nitrogens is 1. The van der Waals surface area contributed by atoms with Crippen molar-refractivity contribution in [2.75, 3.05) is 6.61 Å². The average molecular weight is 437 g/mol. The topological polar surface area (TPSA) is 64.4 Å². The number of carbonyl (C=O) groups excluding carboxylic acids is 1. The molecule has 140 valence electrons. The number of hydrogen-bond donors (Lipinski definition) is 1. The second-order valence-corrected chi connectivity index (χ2v) is 7.12. The molecule has 0 radical (unpaired) electrons. The molecule has 4 aromatic rings. The molecule has 1 aromatic heterocycles. The van der Waals surface area contributed by atoms with Crippen molar-refractivity contribution >= 4 is 32.9 Å². The molecule has 28 heavy (non-hydrogen) atoms. The lowest BCUT2D eigenvalue weighted by atomic mass is 10.1. The van der Waals surface area contributed by atoms with E-state index < -0.39 is 0 Å². The average Bonchev–Trinajstić information content (AvgIpc) is 3.16. The van der Waals surface area contributed by atoms with Gasteiger partial charge in [0.05, 0.1) is 0 Å². The van der Waals surface area contributed by atoms with E-state index in [0.717, 1.165) is 26.7 Å². The number of ether oxygens (including phenoxy) is 1. The lowest BCUT2D eigenvalue weighted by molar-refractivity contribution is -0.123. The SMILES string of the molecule is O=C(COc1ccc(Br)cc1)NCc1ccc(-c2nc3ccccc3o2)cc1. The van der Waals surface area contributed by atoms with Gasteiger partial charge >= 0.3 is 0 Å². The van der Waals surface area contributed by atoms with Gasteiger partial charge in [0.15, 0.2) is 12.2 Å². The summed E-state index contributed by atoms with van der Waals surface area (Å²) in [5.41, 5.74) is 3.47. The summed E-state index contributed by atoms with van der Waals surface area (Å²) in [7, 11) is 0. The molecule has 3 aromatic carbocycles. The summed E-state index contributed by atoms with van der Waals surface area (Å²) in [6, 6.07) is 22.8. The number of nitrogens with one attached hydrogen (secondary N) is 1. The second kappa shape index (κ2) is 8.27. The highest BCUT2D eigenvalue weighted by atomic mass is 79.9. The number of amides is 1. The molecule has 0 aliphatic rings. The second-order valence-electron chi connectivity index (χ2n) is 6.20. The van der Waals surface area contributed by atoms with Crippen LogP contribution >= 0.6 is 15.9 Å². The monoisotopic (exact) mass is 436 g/mol. The van der Waals surface area contributed by atoms with E-state index in [0.29, 0.717) is 18.2 Å². The zero-order valence-electron chi connectivity index (χ0n) is 14.9. The van der Waals surface area contributed by atoms with Crippen molar-refractivity contribution in [2.45, 2.75) is 6.54 Å². The highest BCUT2D eigenvalue weighted by Crippen LogP contribution is 2.24. The van der Waals surface area contributed by atoms with E-state index in [-0.39, 0.29) is 12.5 Å². The number of para-hydroxylation sites is 2. The third-order valence-corrected chi connectivity index (χ3v) is 4.70. The van der Waals surface area contributed by atoms with Crippen LogP contribution in [0.25, 0.3) is 22.6 Å². The highest BCUT2D eigenvalue weighted by molar-refractivity contribution is 9.10. The largest absolute Gasteiger partial charge is 0.484 e. The normalized spacial score (nSPS) is 10.8. The first-order chi connectivity index (χ1) is 13.7. The van der Waals surface area contributed by atoms with Crippen LogP contribution in [-0.4, -0.2) is 17.5 Å². The van der Waals surface area contributed by atoms with Gasteiger partial charge in [-0.2, -0.15) is 0 Å². The fourth-order valence-corrected chi connectivity index (χ4v) is 2.96. The first-order valence-electron chi connectivity index (χ1n) is 8.77. The molecule has 1 N–H and O–H groups in total. The van der Waals surface area contributed by atoms with Gasteiger partial charge in [0.1, 0.15) is 11.3 Å². The van der Waals surface area contributed by atoms with Crippen molar-refractivity contribution in [3.8, 4) is 17.2 Å². The van der Waals surface area contributed by atoms with E-state index in [9.17, 15) is 4.79 Å². The third-order valence-electron chi connectivity index (χ3n) is 4.17. The van der Waals surface area contributed by atoms with Crippen LogP contribution in [0.3, 0.4) is 0 Å². The number of fused-ring (bicyclic) bond motifs is 1. The van der Waals surface area contributed by atoms with Crippen LogP contribution in [-0.2, 0) is 11.3 Å². The number of carbonyl (C=O) groups is 1. The molecule has 6 heteroatoms. The van der Waals surface area contributed by atoms with Crippen LogP contribution in [0.5, 0.6) is 5.75 Å². The minimum absolute atomic E-state index is 0.0252. The number of nitrogens with zero attached hydrogens (tertiary/aromatic N) is 1. The maximum absolute atomic E-state index is 12.0. The predicted molar refractivity (Wildman–Crippen MR) is 111 cm³/mol. The number of hydrogen-bond acceptors (Lipinski definition) is 4. The Kier molecular flexibility index (Phi) is 5.39. The summed E-state index contributed by atoms with van der Waals surface area (Å²) < 4.78 is 12.2. The van der Waals surface area contributed by atoms with Gasteiger partial charge in [-0.15, -0.1) is 0 Å². The quantitative estimate of drug-likeness (QED) is 0.464. The summed E-state index contributed by atoms with van der Waals surface area (Å²) in [5.74, 6) is 1.06. The van der Waals surface area contributed by atoms with Crippen molar-refractivity contribution in [3.05, 3.63) is 82.8 Å². The van der Waals surface area contributed by atoms with E-state index in [1.54, 1.807) is 0 Å². The van der Waals surface area contributed by atoms with Gasteiger partial charge in [0.2, 0.25) is 5.89 Å². The van der Waals surface area contributed by atoms with Crippen molar-refractivity contribution in [1.29, 1.82) is 0 Å². The summed E-state index contributed by atoms with van der Waals surface area (Å²) in [6.45, 7) is 0.402. The van der Waals surface area contributed by atoms with Crippen LogP contribution in [0, 0.1) is 0 Å². The van der Waals surface area contributed by atoms with Crippen molar-refractivity contribution in [3.63, 3.8) is 0 Å². The Morgan fingerprint density at radius 2 is 1.75 bits per heavy atom. The predicted octanol–water partition coefficient (Wildman–Crippen LogP) is 4.95. The molecule has 1 amide bonds. The Bertz CT molecular complexity index is 1060. The van der Waals surface area contributed by atoms with Gasteiger partial charge in [0.25, 0.3) is 5.91 Å². The van der Waals surface area contributed by atoms with E-state index in [1.807, 2.05) is 72.8 Å². The standard InChI is InChI=1S/C22H17BrN2O3/c23-17-9-11-18(12-10-17)27-14-21(26)24-13-15-5-7-16(8-6-15)22-25-19-3-1-2-4-20(19)28-22/h1-12H,13-14H2,(H,24,26). The number of oxazole rings is 1. The number of halogens is 1. The molecule has 0 saturated heterocycles. The van der Waals surface area contributed by atoms with Crippen LogP contribution in [0.1, 0.15) is 5.56 Å². The van der Waals surface area contributed by atoms with Crippen molar-refractivity contribution < 1.29 is 13.9 Å². The molecule has 0 aliphatic heterocycles. The lowest BCUT2D eigenvalue weighted by Gasteiger charge is -2.08. The fraction of sp³-hybridized carbons (Fsp3) is 0.0909. The van der Waals surface area contributed by atoms with Gasteiger partial charge in [0, 0.05) is 16.6 Å². The maximum Gasteiger partial charge on any atom is 0.258 e. The van der Waals surface area contributed by atoms with Gasteiger partial charge in [-0.25, -0.2) is 4.98 Å². The minimum atomic E-state index is -0.175. The molecule has 0 bridgehead atoms. The van der Waals surface area contributed by atoms with Crippen molar-refractivity contribution in [2.24, 2.45) is 0 Å². The van der Waals surface area contributed by atoms with Crippen LogP contribution in [0.2, 0.25) is 0 Å². The zero-order valence-corrected chi connectivity index (χ0v) is 16.5. The van der Waals surface area contributed by atoms with E-state index in [1.165, 1.54) is 0 Å². The smallest absolute Gasteiger partial charge is 0.258 e. The Hall–Kier alpha value is -3.12. The molecule has 0 saturated carbocycles. The number of benzene rings is 3. The Balaban J connectivity index is 1.31. The zero-order chi connectivity index (χ0) is 19.3. The van der Waals surface area contributed by atoms with Crippen LogP contribution in [0.15, 0.2) is 81.7 Å².